The van der Waals surface area contributed by atoms with E-state index in [0.717, 1.165) is 25.9 Å². The van der Waals surface area contributed by atoms with Crippen molar-refractivity contribution in [3.05, 3.63) is 29.7 Å². The van der Waals surface area contributed by atoms with Crippen LogP contribution in [0.25, 0.3) is 10.9 Å². The normalized spacial score (nSPS) is 16.7. The van der Waals surface area contributed by atoms with Gasteiger partial charge in [-0.2, -0.15) is 5.10 Å². The van der Waals surface area contributed by atoms with E-state index in [4.69, 9.17) is 0 Å². The van der Waals surface area contributed by atoms with Crippen molar-refractivity contribution in [2.45, 2.75) is 18.9 Å². The topological polar surface area (TPSA) is 69.8 Å². The first-order valence-electron chi connectivity index (χ1n) is 6.39. The van der Waals surface area contributed by atoms with E-state index >= 15 is 0 Å². The molecule has 19 heavy (non-hydrogen) atoms. The van der Waals surface area contributed by atoms with E-state index in [2.05, 4.69) is 20.8 Å². The van der Waals surface area contributed by atoms with Crippen LogP contribution in [0.1, 0.15) is 23.3 Å². The molecule has 2 aromatic rings. The molecule has 1 aliphatic heterocycles. The number of nitrogens with one attached hydrogen (secondary N) is 3. The van der Waals surface area contributed by atoms with E-state index < -0.39 is 0 Å². The van der Waals surface area contributed by atoms with Crippen molar-refractivity contribution in [2.75, 3.05) is 13.1 Å². The van der Waals surface area contributed by atoms with Crippen LogP contribution in [0.15, 0.2) is 18.2 Å². The van der Waals surface area contributed by atoms with E-state index in [-0.39, 0.29) is 23.5 Å². The molecule has 1 aromatic heterocycles. The first-order chi connectivity index (χ1) is 9.24. The Labute approximate surface area is 109 Å². The van der Waals surface area contributed by atoms with Crippen molar-refractivity contribution in [3.8, 4) is 0 Å². The number of nitrogens with zero attached hydrogens (tertiary/aromatic N) is 1. The molecule has 1 fully saturated rings. The summed E-state index contributed by atoms with van der Waals surface area (Å²) in [6.07, 6.45) is 1.81. The van der Waals surface area contributed by atoms with Crippen molar-refractivity contribution >= 4 is 16.8 Å². The molecule has 0 atom stereocenters. The summed E-state index contributed by atoms with van der Waals surface area (Å²) >= 11 is 0. The Morgan fingerprint density at radius 1 is 1.37 bits per heavy atom. The fourth-order valence-corrected chi connectivity index (χ4v) is 2.38. The summed E-state index contributed by atoms with van der Waals surface area (Å²) in [5, 5.41) is 13.4. The van der Waals surface area contributed by atoms with Crippen LogP contribution in [-0.4, -0.2) is 35.2 Å². The van der Waals surface area contributed by atoms with Gasteiger partial charge in [0.1, 0.15) is 5.82 Å². The van der Waals surface area contributed by atoms with Gasteiger partial charge in [0.2, 0.25) is 0 Å². The Balaban J connectivity index is 1.82. The van der Waals surface area contributed by atoms with Gasteiger partial charge in [0.25, 0.3) is 5.91 Å². The summed E-state index contributed by atoms with van der Waals surface area (Å²) < 4.78 is 13.2. The average Bonchev–Trinajstić information content (AvgIpc) is 2.82. The number of carbonyl (C=O) groups is 1. The highest BCUT2D eigenvalue weighted by Gasteiger charge is 2.20. The fraction of sp³-hybridized carbons (Fsp3) is 0.385. The SMILES string of the molecule is O=C(NC1CCNCC1)c1n[nH]c2ccc(F)cc12. The highest BCUT2D eigenvalue weighted by atomic mass is 19.1. The number of piperidine rings is 1. The van der Waals surface area contributed by atoms with Crippen molar-refractivity contribution < 1.29 is 9.18 Å². The predicted octanol–water partition coefficient (Wildman–Crippen LogP) is 1.18. The number of aromatic amines is 1. The van der Waals surface area contributed by atoms with Crippen LogP contribution < -0.4 is 10.6 Å². The maximum Gasteiger partial charge on any atom is 0.272 e. The molecule has 1 saturated heterocycles. The summed E-state index contributed by atoms with van der Waals surface area (Å²) in [4.78, 5) is 12.2. The van der Waals surface area contributed by atoms with Gasteiger partial charge in [-0.3, -0.25) is 9.89 Å². The van der Waals surface area contributed by atoms with Gasteiger partial charge in [0, 0.05) is 11.4 Å². The first kappa shape index (κ1) is 12.1. The molecule has 1 aromatic carbocycles. The molecule has 5 nitrogen and oxygen atoms in total. The van der Waals surface area contributed by atoms with Gasteiger partial charge in [0.05, 0.1) is 5.52 Å². The summed E-state index contributed by atoms with van der Waals surface area (Å²) in [5.41, 5.74) is 0.921. The number of hydrogen-bond donors (Lipinski definition) is 3. The second-order valence-corrected chi connectivity index (χ2v) is 4.76. The minimum absolute atomic E-state index is 0.161. The maximum absolute atomic E-state index is 13.2. The number of rotatable bonds is 2. The zero-order valence-electron chi connectivity index (χ0n) is 10.4. The van der Waals surface area contributed by atoms with Crippen molar-refractivity contribution in [2.24, 2.45) is 0 Å². The van der Waals surface area contributed by atoms with Crippen LogP contribution in [0.5, 0.6) is 0 Å². The first-order valence-corrected chi connectivity index (χ1v) is 6.39. The van der Waals surface area contributed by atoms with Crippen LogP contribution in [0.2, 0.25) is 0 Å². The lowest BCUT2D eigenvalue weighted by atomic mass is 10.1. The number of hydrogen-bond acceptors (Lipinski definition) is 3. The number of benzene rings is 1. The lowest BCUT2D eigenvalue weighted by molar-refractivity contribution is 0.0926. The highest BCUT2D eigenvalue weighted by Crippen LogP contribution is 2.17. The molecule has 6 heteroatoms. The Bertz CT molecular complexity index is 604. The Morgan fingerprint density at radius 2 is 2.16 bits per heavy atom. The lowest BCUT2D eigenvalue weighted by Gasteiger charge is -2.23. The second kappa shape index (κ2) is 4.97. The van der Waals surface area contributed by atoms with Crippen LogP contribution in [0.3, 0.4) is 0 Å². The fourth-order valence-electron chi connectivity index (χ4n) is 2.38. The molecule has 3 N–H and O–H groups in total. The third kappa shape index (κ3) is 2.44. The molecule has 0 saturated carbocycles. The van der Waals surface area contributed by atoms with Gasteiger partial charge < -0.3 is 10.6 Å². The molecule has 2 heterocycles. The number of amides is 1. The largest absolute Gasteiger partial charge is 0.348 e. The van der Waals surface area contributed by atoms with Gasteiger partial charge in [0.15, 0.2) is 5.69 Å². The van der Waals surface area contributed by atoms with Crippen LogP contribution >= 0.6 is 0 Å². The van der Waals surface area contributed by atoms with Crippen molar-refractivity contribution in [1.29, 1.82) is 0 Å². The van der Waals surface area contributed by atoms with Crippen molar-refractivity contribution in [1.82, 2.24) is 20.8 Å². The number of H-pyrrole nitrogens is 1. The molecule has 1 aliphatic rings. The van der Waals surface area contributed by atoms with E-state index in [0.29, 0.717) is 10.9 Å². The molecule has 0 bridgehead atoms. The van der Waals surface area contributed by atoms with Gasteiger partial charge >= 0.3 is 0 Å². The summed E-state index contributed by atoms with van der Waals surface area (Å²) in [6, 6.07) is 4.42. The Hall–Kier alpha value is -1.95. The summed E-state index contributed by atoms with van der Waals surface area (Å²) in [5.74, 6) is -0.617. The van der Waals surface area contributed by atoms with E-state index in [9.17, 15) is 9.18 Å². The molecule has 1 amide bonds. The predicted molar refractivity (Wildman–Crippen MR) is 69.4 cm³/mol. The Kier molecular flexibility index (Phi) is 3.16. The second-order valence-electron chi connectivity index (χ2n) is 4.76. The minimum Gasteiger partial charge on any atom is -0.348 e. The lowest BCUT2D eigenvalue weighted by Crippen LogP contribution is -2.42. The molecule has 0 spiro atoms. The molecular formula is C13H15FN4O. The Morgan fingerprint density at radius 3 is 2.95 bits per heavy atom. The van der Waals surface area contributed by atoms with Crippen LogP contribution in [0.4, 0.5) is 4.39 Å². The highest BCUT2D eigenvalue weighted by molar-refractivity contribution is 6.04. The van der Waals surface area contributed by atoms with Gasteiger partial charge in [-0.25, -0.2) is 4.39 Å². The van der Waals surface area contributed by atoms with E-state index in [1.54, 1.807) is 6.07 Å². The monoisotopic (exact) mass is 262 g/mol. The quantitative estimate of drug-likeness (QED) is 0.761. The number of fused-ring (bicyclic) bond motifs is 1. The molecule has 0 radical (unpaired) electrons. The van der Waals surface area contributed by atoms with E-state index in [1.807, 2.05) is 0 Å². The van der Waals surface area contributed by atoms with Gasteiger partial charge in [-0.1, -0.05) is 0 Å². The third-order valence-corrected chi connectivity index (χ3v) is 3.41. The minimum atomic E-state index is -0.371. The third-order valence-electron chi connectivity index (χ3n) is 3.41. The van der Waals surface area contributed by atoms with E-state index in [1.165, 1.54) is 12.1 Å². The molecule has 3 rings (SSSR count). The number of carbonyl (C=O) groups excluding carboxylic acids is 1. The molecule has 0 aliphatic carbocycles. The zero-order valence-corrected chi connectivity index (χ0v) is 10.4. The summed E-state index contributed by atoms with van der Waals surface area (Å²) in [6.45, 7) is 1.81. The molecular weight excluding hydrogens is 247 g/mol. The molecule has 0 unspecified atom stereocenters. The average molecular weight is 262 g/mol. The standard InChI is InChI=1S/C13H15FN4O/c14-8-1-2-11-10(7-8)12(18-17-11)13(19)16-9-3-5-15-6-4-9/h1-2,7,9,15H,3-6H2,(H,16,19)(H,17,18). The summed E-state index contributed by atoms with van der Waals surface area (Å²) in [7, 11) is 0. The van der Waals surface area contributed by atoms with Crippen LogP contribution in [-0.2, 0) is 0 Å². The maximum atomic E-state index is 13.2. The zero-order chi connectivity index (χ0) is 13.2. The molecule has 100 valence electrons. The van der Waals surface area contributed by atoms with Crippen LogP contribution in [0, 0.1) is 5.82 Å². The van der Waals surface area contributed by atoms with Gasteiger partial charge in [-0.15, -0.1) is 0 Å². The van der Waals surface area contributed by atoms with Crippen molar-refractivity contribution in [3.63, 3.8) is 0 Å². The number of halogens is 1. The number of aromatic nitrogens is 2. The smallest absolute Gasteiger partial charge is 0.272 e. The van der Waals surface area contributed by atoms with Gasteiger partial charge in [-0.05, 0) is 44.1 Å².